The number of carbonyl (C=O) groups is 2. The molecule has 0 aromatic heterocycles. The van der Waals surface area contributed by atoms with Crippen LogP contribution < -0.4 is 10.8 Å². The second-order valence-corrected chi connectivity index (χ2v) is 2.23. The molecule has 0 saturated carbocycles. The van der Waals surface area contributed by atoms with Gasteiger partial charge in [-0.05, 0) is 12.3 Å². The molecule has 0 aliphatic heterocycles. The number of amides is 1. The van der Waals surface area contributed by atoms with Crippen LogP contribution in [-0.4, -0.2) is 11.9 Å². The number of carbonyl (C=O) groups excluding carboxylic acids is 2. The maximum absolute atomic E-state index is 10.1. The van der Waals surface area contributed by atoms with Gasteiger partial charge in [-0.25, -0.2) is 0 Å². The molecule has 58 valence electrons. The molecule has 0 aromatic carbocycles. The summed E-state index contributed by atoms with van der Waals surface area (Å²) in [5, 5.41) is 10.0. The van der Waals surface area contributed by atoms with Crippen molar-refractivity contribution in [3.05, 3.63) is 0 Å². The minimum Gasteiger partial charge on any atom is -0.550 e. The van der Waals surface area contributed by atoms with Crippen LogP contribution in [0.15, 0.2) is 0 Å². The monoisotopic (exact) mass is 144 g/mol. The summed E-state index contributed by atoms with van der Waals surface area (Å²) in [5.74, 6) is -2.21. The first-order chi connectivity index (χ1) is 4.54. The molecule has 0 heterocycles. The van der Waals surface area contributed by atoms with E-state index in [-0.39, 0.29) is 12.8 Å². The molecule has 4 nitrogen and oxygen atoms in total. The largest absolute Gasteiger partial charge is 0.550 e. The summed E-state index contributed by atoms with van der Waals surface area (Å²) in [4.78, 5) is 20.2. The van der Waals surface area contributed by atoms with Gasteiger partial charge in [-0.1, -0.05) is 6.92 Å². The molecule has 4 heteroatoms. The zero-order chi connectivity index (χ0) is 8.15. The number of nitrogens with two attached hydrogens (primary N) is 1. The van der Waals surface area contributed by atoms with E-state index in [1.165, 1.54) is 6.92 Å². The number of carboxylic acids is 1. The number of rotatable bonds is 4. The Morgan fingerprint density at radius 3 is 2.40 bits per heavy atom. The van der Waals surface area contributed by atoms with E-state index in [9.17, 15) is 14.7 Å². The highest BCUT2D eigenvalue weighted by Gasteiger charge is 2.03. The van der Waals surface area contributed by atoms with Crippen LogP contribution in [-0.2, 0) is 9.59 Å². The van der Waals surface area contributed by atoms with Gasteiger partial charge < -0.3 is 15.6 Å². The van der Waals surface area contributed by atoms with E-state index in [2.05, 4.69) is 0 Å². The molecule has 0 rings (SSSR count). The van der Waals surface area contributed by atoms with Crippen molar-refractivity contribution in [2.75, 3.05) is 0 Å². The van der Waals surface area contributed by atoms with E-state index < -0.39 is 17.8 Å². The van der Waals surface area contributed by atoms with Crippen LogP contribution in [0.25, 0.3) is 0 Å². The third-order valence-corrected chi connectivity index (χ3v) is 1.23. The third kappa shape index (κ3) is 3.88. The van der Waals surface area contributed by atoms with E-state index in [1.807, 2.05) is 0 Å². The molecule has 0 fully saturated rings. The highest BCUT2D eigenvalue weighted by Crippen LogP contribution is 2.02. The van der Waals surface area contributed by atoms with Crippen LogP contribution >= 0.6 is 0 Å². The van der Waals surface area contributed by atoms with Gasteiger partial charge in [-0.15, -0.1) is 0 Å². The minimum absolute atomic E-state index is 0.106. The predicted molar refractivity (Wildman–Crippen MR) is 32.6 cm³/mol. The molecule has 10 heavy (non-hydrogen) atoms. The van der Waals surface area contributed by atoms with Crippen LogP contribution in [0.2, 0.25) is 0 Å². The summed E-state index contributed by atoms with van der Waals surface area (Å²) in [7, 11) is 0. The van der Waals surface area contributed by atoms with Gasteiger partial charge in [0.1, 0.15) is 0 Å². The van der Waals surface area contributed by atoms with Crippen molar-refractivity contribution in [2.24, 2.45) is 11.7 Å². The third-order valence-electron chi connectivity index (χ3n) is 1.23. The molecule has 0 aromatic rings. The van der Waals surface area contributed by atoms with Crippen LogP contribution in [0, 0.1) is 5.92 Å². The second kappa shape index (κ2) is 3.87. The van der Waals surface area contributed by atoms with Crippen LogP contribution in [0.3, 0.4) is 0 Å². The molecule has 0 radical (unpaired) electrons. The Labute approximate surface area is 59.0 Å². The number of carboxylic acid groups (broad SMARTS) is 1. The summed E-state index contributed by atoms with van der Waals surface area (Å²) in [6.45, 7) is 1.48. The zero-order valence-corrected chi connectivity index (χ0v) is 5.79. The molecule has 1 atom stereocenters. The smallest absolute Gasteiger partial charge is 0.217 e. The Bertz CT molecular complexity index is 144. The van der Waals surface area contributed by atoms with Gasteiger partial charge in [0.15, 0.2) is 0 Å². The van der Waals surface area contributed by atoms with Crippen molar-refractivity contribution in [2.45, 2.75) is 19.8 Å². The molecule has 0 aliphatic rings. The molecule has 1 amide bonds. The van der Waals surface area contributed by atoms with Crippen molar-refractivity contribution >= 4 is 11.9 Å². The summed E-state index contributed by atoms with van der Waals surface area (Å²) < 4.78 is 0. The van der Waals surface area contributed by atoms with Crippen molar-refractivity contribution in [3.63, 3.8) is 0 Å². The molecular formula is C6H10NO3-. The molecule has 0 saturated heterocycles. The molecule has 0 aliphatic carbocycles. The van der Waals surface area contributed by atoms with E-state index in [1.54, 1.807) is 0 Å². The van der Waals surface area contributed by atoms with E-state index in [0.717, 1.165) is 0 Å². The topological polar surface area (TPSA) is 83.2 Å². The number of hydrogen-bond acceptors (Lipinski definition) is 3. The number of primary amides is 1. The first-order valence-electron chi connectivity index (χ1n) is 3.03. The molecule has 0 spiro atoms. The fourth-order valence-electron chi connectivity index (χ4n) is 0.477. The first-order valence-corrected chi connectivity index (χ1v) is 3.03. The highest BCUT2D eigenvalue weighted by molar-refractivity contribution is 5.75. The average Bonchev–Trinajstić information content (AvgIpc) is 1.82. The standard InChI is InChI=1S/C6H11NO3/c1-4(6(9)10)2-3-5(7)8/h4H,2-3H2,1H3,(H2,7,8)(H,9,10)/p-1. The van der Waals surface area contributed by atoms with Crippen molar-refractivity contribution in [3.8, 4) is 0 Å². The van der Waals surface area contributed by atoms with Gasteiger partial charge >= 0.3 is 0 Å². The quantitative estimate of drug-likeness (QED) is 0.528. The van der Waals surface area contributed by atoms with Gasteiger partial charge in [0.05, 0.1) is 0 Å². The zero-order valence-electron chi connectivity index (χ0n) is 5.79. The minimum atomic E-state index is -1.14. The molecule has 1 unspecified atom stereocenters. The van der Waals surface area contributed by atoms with Gasteiger partial charge in [0.25, 0.3) is 0 Å². The first kappa shape index (κ1) is 8.94. The summed E-state index contributed by atoms with van der Waals surface area (Å²) in [6, 6.07) is 0. The highest BCUT2D eigenvalue weighted by atomic mass is 16.4. The van der Waals surface area contributed by atoms with Gasteiger partial charge in [0.2, 0.25) is 5.91 Å². The van der Waals surface area contributed by atoms with Gasteiger partial charge in [-0.2, -0.15) is 0 Å². The summed E-state index contributed by atoms with van der Waals surface area (Å²) in [5.41, 5.74) is 4.79. The molecular weight excluding hydrogens is 134 g/mol. The lowest BCUT2D eigenvalue weighted by Gasteiger charge is -2.09. The predicted octanol–water partition coefficient (Wildman–Crippen LogP) is -1.36. The normalized spacial score (nSPS) is 12.5. The lowest BCUT2D eigenvalue weighted by Crippen LogP contribution is -2.30. The van der Waals surface area contributed by atoms with Crippen LogP contribution in [0.5, 0.6) is 0 Å². The second-order valence-electron chi connectivity index (χ2n) is 2.23. The Kier molecular flexibility index (Phi) is 3.46. The number of hydrogen-bond donors (Lipinski definition) is 1. The Balaban J connectivity index is 3.49. The maximum Gasteiger partial charge on any atom is 0.217 e. The van der Waals surface area contributed by atoms with Gasteiger partial charge in [-0.3, -0.25) is 4.79 Å². The summed E-state index contributed by atoms with van der Waals surface area (Å²) in [6.07, 6.45) is 0.368. The Morgan fingerprint density at radius 2 is 2.10 bits per heavy atom. The lowest BCUT2D eigenvalue weighted by molar-refractivity contribution is -0.311. The summed E-state index contributed by atoms with van der Waals surface area (Å²) >= 11 is 0. The average molecular weight is 144 g/mol. The Morgan fingerprint density at radius 1 is 1.60 bits per heavy atom. The fraction of sp³-hybridized carbons (Fsp3) is 0.667. The Hall–Kier alpha value is -1.06. The van der Waals surface area contributed by atoms with E-state index in [0.29, 0.717) is 0 Å². The fourth-order valence-corrected chi connectivity index (χ4v) is 0.477. The van der Waals surface area contributed by atoms with E-state index in [4.69, 9.17) is 5.73 Å². The van der Waals surface area contributed by atoms with Crippen LogP contribution in [0.4, 0.5) is 0 Å². The molecule has 0 bridgehead atoms. The van der Waals surface area contributed by atoms with Crippen molar-refractivity contribution in [1.29, 1.82) is 0 Å². The SMILES string of the molecule is CC(CCC(N)=O)C(=O)[O-]. The van der Waals surface area contributed by atoms with E-state index >= 15 is 0 Å². The molecule has 2 N–H and O–H groups in total. The van der Waals surface area contributed by atoms with Crippen molar-refractivity contribution in [1.82, 2.24) is 0 Å². The maximum atomic E-state index is 10.1. The lowest BCUT2D eigenvalue weighted by atomic mass is 10.1. The van der Waals surface area contributed by atoms with Crippen molar-refractivity contribution < 1.29 is 14.7 Å². The van der Waals surface area contributed by atoms with Crippen LogP contribution in [0.1, 0.15) is 19.8 Å². The van der Waals surface area contributed by atoms with Gasteiger partial charge in [0, 0.05) is 12.4 Å². The number of aliphatic carboxylic acids is 1.